The number of benzene rings is 1. The molecule has 0 aliphatic heterocycles. The summed E-state index contributed by atoms with van der Waals surface area (Å²) in [6, 6.07) is 6.16. The van der Waals surface area contributed by atoms with Gasteiger partial charge in [0.15, 0.2) is 0 Å². The lowest BCUT2D eigenvalue weighted by atomic mass is 10.1. The molecule has 0 saturated heterocycles. The van der Waals surface area contributed by atoms with Crippen molar-refractivity contribution in [3.05, 3.63) is 36.4 Å². The first kappa shape index (κ1) is 12.8. The molecule has 0 spiro atoms. The van der Waals surface area contributed by atoms with Crippen LogP contribution in [0.15, 0.2) is 35.7 Å². The minimum Gasteiger partial charge on any atom is -0.478 e. The maximum Gasteiger partial charge on any atom is 0.335 e. The lowest BCUT2D eigenvalue weighted by molar-refractivity contribution is -0.130. The maximum absolute atomic E-state index is 11.0. The van der Waals surface area contributed by atoms with Crippen molar-refractivity contribution in [1.82, 2.24) is 0 Å². The molecule has 1 aromatic carbocycles. The molecule has 6 heteroatoms. The Balaban J connectivity index is 2.92. The van der Waals surface area contributed by atoms with Crippen LogP contribution in [0.2, 0.25) is 0 Å². The van der Waals surface area contributed by atoms with E-state index in [2.05, 4.69) is 6.58 Å². The van der Waals surface area contributed by atoms with Crippen LogP contribution in [0.3, 0.4) is 0 Å². The quantitative estimate of drug-likeness (QED) is 0.659. The first-order valence-corrected chi connectivity index (χ1v) is 7.44. The van der Waals surface area contributed by atoms with Gasteiger partial charge in [0.2, 0.25) is 8.87 Å². The Morgan fingerprint density at radius 3 is 2.19 bits per heavy atom. The van der Waals surface area contributed by atoms with Crippen LogP contribution in [-0.4, -0.2) is 25.7 Å². The molecule has 1 N–H and O–H groups in total. The smallest absolute Gasteiger partial charge is 0.335 e. The molecule has 1 rings (SSSR count). The highest BCUT2D eigenvalue weighted by atomic mass is 33.1. The van der Waals surface area contributed by atoms with Crippen molar-refractivity contribution in [1.29, 1.82) is 0 Å². The zero-order valence-electron chi connectivity index (χ0n) is 8.50. The second kappa shape index (κ2) is 4.71. The first-order chi connectivity index (χ1) is 7.29. The summed E-state index contributed by atoms with van der Waals surface area (Å²) in [5, 5.41) is 8.69. The van der Waals surface area contributed by atoms with Gasteiger partial charge in [-0.1, -0.05) is 18.7 Å². The molecule has 86 valence electrons. The van der Waals surface area contributed by atoms with Crippen LogP contribution >= 0.6 is 10.8 Å². The van der Waals surface area contributed by atoms with Crippen LogP contribution in [-0.2, 0) is 13.7 Å². The molecule has 16 heavy (non-hydrogen) atoms. The van der Waals surface area contributed by atoms with Gasteiger partial charge in [-0.05, 0) is 17.7 Å². The molecule has 4 nitrogen and oxygen atoms in total. The van der Waals surface area contributed by atoms with E-state index in [1.807, 2.05) is 0 Å². The normalized spacial score (nSPS) is 11.1. The second-order valence-electron chi connectivity index (χ2n) is 3.10. The summed E-state index contributed by atoms with van der Waals surface area (Å²) in [6.45, 7) is 3.40. The molecule has 0 aromatic heterocycles. The van der Waals surface area contributed by atoms with E-state index < -0.39 is 14.8 Å². The van der Waals surface area contributed by atoms with E-state index in [4.69, 9.17) is 5.11 Å². The van der Waals surface area contributed by atoms with Gasteiger partial charge in [-0.2, -0.15) is 0 Å². The van der Waals surface area contributed by atoms with Gasteiger partial charge in [0, 0.05) is 21.9 Å². The third kappa shape index (κ3) is 3.71. The molecule has 0 aliphatic carbocycles. The lowest BCUT2D eigenvalue weighted by Crippen LogP contribution is -1.97. The van der Waals surface area contributed by atoms with Crippen molar-refractivity contribution in [2.75, 3.05) is 6.26 Å². The summed E-state index contributed by atoms with van der Waals surface area (Å²) in [6.07, 6.45) is 1.11. The van der Waals surface area contributed by atoms with E-state index >= 15 is 0 Å². The van der Waals surface area contributed by atoms with Crippen molar-refractivity contribution in [2.24, 2.45) is 0 Å². The summed E-state index contributed by atoms with van der Waals surface area (Å²) in [5.74, 6) is -1.09. The molecule has 0 bridgehead atoms. The Labute approximate surface area is 97.3 Å². The number of aliphatic carboxylic acids is 1. The van der Waals surface area contributed by atoms with Crippen LogP contribution < -0.4 is 0 Å². The number of hydrogen-bond donors (Lipinski definition) is 1. The topological polar surface area (TPSA) is 71.4 Å². The van der Waals surface area contributed by atoms with Crippen LogP contribution in [0.1, 0.15) is 5.56 Å². The van der Waals surface area contributed by atoms with Crippen molar-refractivity contribution < 1.29 is 18.3 Å². The molecular weight excluding hydrogens is 248 g/mol. The fraction of sp³-hybridized carbons (Fsp3) is 0.100. The lowest BCUT2D eigenvalue weighted by Gasteiger charge is -2.02. The Morgan fingerprint density at radius 1 is 1.31 bits per heavy atom. The molecule has 0 heterocycles. The van der Waals surface area contributed by atoms with E-state index in [-0.39, 0.29) is 5.57 Å². The monoisotopic (exact) mass is 258 g/mol. The third-order valence-corrected chi connectivity index (χ3v) is 3.96. The fourth-order valence-corrected chi connectivity index (χ4v) is 2.99. The van der Waals surface area contributed by atoms with Gasteiger partial charge in [-0.15, -0.1) is 0 Å². The van der Waals surface area contributed by atoms with Crippen molar-refractivity contribution in [2.45, 2.75) is 4.90 Å². The van der Waals surface area contributed by atoms with E-state index in [1.54, 1.807) is 12.1 Å². The third-order valence-electron chi connectivity index (χ3n) is 1.71. The summed E-state index contributed by atoms with van der Waals surface area (Å²) in [5.41, 5.74) is 0.446. The molecule has 0 atom stereocenters. The minimum absolute atomic E-state index is 0.0177. The predicted molar refractivity (Wildman–Crippen MR) is 63.8 cm³/mol. The molecule has 0 radical (unpaired) electrons. The average Bonchev–Trinajstić information content (AvgIpc) is 2.15. The molecular formula is C10H10O4S2. The Hall–Kier alpha value is -1.27. The summed E-state index contributed by atoms with van der Waals surface area (Å²) in [4.78, 5) is 11.2. The molecule has 0 aliphatic rings. The summed E-state index contributed by atoms with van der Waals surface area (Å²) in [7, 11) is -2.42. The van der Waals surface area contributed by atoms with Crippen molar-refractivity contribution in [3.8, 4) is 0 Å². The highest BCUT2D eigenvalue weighted by Crippen LogP contribution is 2.25. The first-order valence-electron chi connectivity index (χ1n) is 4.22. The van der Waals surface area contributed by atoms with Gasteiger partial charge in [0.1, 0.15) is 0 Å². The maximum atomic E-state index is 11.0. The molecule has 0 amide bonds. The van der Waals surface area contributed by atoms with Gasteiger partial charge in [0.25, 0.3) is 0 Å². The zero-order valence-corrected chi connectivity index (χ0v) is 10.1. The standard InChI is InChI=1S/C10H10O4S2/c1-7(10(11)12)8-3-5-9(6-4-8)15-16(2,13)14/h3-6H,1H2,2H3,(H,11,12). The summed E-state index contributed by atoms with van der Waals surface area (Å²) < 4.78 is 22.0. The van der Waals surface area contributed by atoms with Gasteiger partial charge in [-0.3, -0.25) is 0 Å². The zero-order chi connectivity index (χ0) is 12.3. The van der Waals surface area contributed by atoms with Gasteiger partial charge < -0.3 is 5.11 Å². The number of carbonyl (C=O) groups is 1. The van der Waals surface area contributed by atoms with Crippen molar-refractivity contribution >= 4 is 31.2 Å². The molecule has 0 fully saturated rings. The van der Waals surface area contributed by atoms with E-state index in [0.717, 1.165) is 17.0 Å². The number of rotatable bonds is 4. The number of carboxylic acids is 1. The summed E-state index contributed by atoms with van der Waals surface area (Å²) >= 11 is 0. The molecule has 0 saturated carbocycles. The SMILES string of the molecule is C=C(C(=O)O)c1ccc(SS(C)(=O)=O)cc1. The van der Waals surface area contributed by atoms with Gasteiger partial charge in [-0.25, -0.2) is 13.2 Å². The van der Waals surface area contributed by atoms with Gasteiger partial charge >= 0.3 is 5.97 Å². The highest BCUT2D eigenvalue weighted by molar-refractivity contribution is 8.71. The fourth-order valence-electron chi connectivity index (χ4n) is 1.01. The highest BCUT2D eigenvalue weighted by Gasteiger charge is 2.09. The predicted octanol–water partition coefficient (Wildman–Crippen LogP) is 1.84. The molecule has 1 aromatic rings. The average molecular weight is 258 g/mol. The van der Waals surface area contributed by atoms with E-state index in [1.165, 1.54) is 12.1 Å². The Kier molecular flexibility index (Phi) is 3.77. The van der Waals surface area contributed by atoms with E-state index in [9.17, 15) is 13.2 Å². The van der Waals surface area contributed by atoms with Crippen molar-refractivity contribution in [3.63, 3.8) is 0 Å². The van der Waals surface area contributed by atoms with Crippen LogP contribution in [0.4, 0.5) is 0 Å². The van der Waals surface area contributed by atoms with E-state index in [0.29, 0.717) is 10.5 Å². The van der Waals surface area contributed by atoms with Crippen LogP contribution in [0, 0.1) is 0 Å². The number of carboxylic acid groups (broad SMARTS) is 1. The number of hydrogen-bond acceptors (Lipinski definition) is 4. The Morgan fingerprint density at radius 2 is 1.81 bits per heavy atom. The van der Waals surface area contributed by atoms with Crippen LogP contribution in [0.5, 0.6) is 0 Å². The minimum atomic E-state index is -3.15. The molecule has 0 unspecified atom stereocenters. The van der Waals surface area contributed by atoms with Crippen LogP contribution in [0.25, 0.3) is 5.57 Å². The Bertz CT molecular complexity index is 514. The largest absolute Gasteiger partial charge is 0.478 e. The van der Waals surface area contributed by atoms with Gasteiger partial charge in [0.05, 0.1) is 5.57 Å². The second-order valence-corrected chi connectivity index (χ2v) is 7.46.